The highest BCUT2D eigenvalue weighted by Gasteiger charge is 2.17. The zero-order valence-corrected chi connectivity index (χ0v) is 8.70. The van der Waals surface area contributed by atoms with E-state index in [1.165, 1.54) is 13.0 Å². The van der Waals surface area contributed by atoms with Crippen LogP contribution < -0.4 is 22.1 Å². The molecule has 0 heterocycles. The van der Waals surface area contributed by atoms with Crippen molar-refractivity contribution >= 4 is 11.7 Å². The average molecular weight is 228 g/mol. The van der Waals surface area contributed by atoms with Crippen LogP contribution in [0.1, 0.15) is 11.1 Å². The second kappa shape index (κ2) is 4.88. The summed E-state index contributed by atoms with van der Waals surface area (Å²) in [5.74, 6) is 9.89. The van der Waals surface area contributed by atoms with E-state index in [2.05, 4.69) is 0 Å². The molecule has 0 spiro atoms. The van der Waals surface area contributed by atoms with Crippen LogP contribution in [0.3, 0.4) is 0 Å². The minimum absolute atomic E-state index is 0.198. The van der Waals surface area contributed by atoms with E-state index in [4.69, 9.17) is 16.8 Å². The van der Waals surface area contributed by atoms with Gasteiger partial charge in [0.15, 0.2) is 0 Å². The van der Waals surface area contributed by atoms with Gasteiger partial charge in [-0.15, -0.1) is 0 Å². The van der Waals surface area contributed by atoms with Gasteiger partial charge in [0.1, 0.15) is 5.82 Å². The highest BCUT2D eigenvalue weighted by molar-refractivity contribution is 5.91. The lowest BCUT2D eigenvalue weighted by Gasteiger charge is -2.20. The lowest BCUT2D eigenvalue weighted by Crippen LogP contribution is -2.48. The van der Waals surface area contributed by atoms with Crippen molar-refractivity contribution in [3.63, 3.8) is 0 Å². The molecule has 0 unspecified atom stereocenters. The van der Waals surface area contributed by atoms with E-state index >= 15 is 0 Å². The van der Waals surface area contributed by atoms with Crippen molar-refractivity contribution in [1.29, 1.82) is 0 Å². The number of hydrogen-bond donors (Lipinski definition) is 4. The number of rotatable bonds is 2. The van der Waals surface area contributed by atoms with Crippen LogP contribution in [0, 0.1) is 12.7 Å². The van der Waals surface area contributed by atoms with Gasteiger partial charge in [-0.3, -0.25) is 5.43 Å². The van der Waals surface area contributed by atoms with Crippen LogP contribution in [0.4, 0.5) is 14.9 Å². The molecule has 2 amide bonds. The summed E-state index contributed by atoms with van der Waals surface area (Å²) >= 11 is 0. The Morgan fingerprint density at radius 3 is 2.75 bits per heavy atom. The quantitative estimate of drug-likeness (QED) is 0.322. The van der Waals surface area contributed by atoms with Crippen molar-refractivity contribution < 1.29 is 14.3 Å². The number of nitrogens with two attached hydrogens (primary N) is 2. The van der Waals surface area contributed by atoms with Crippen molar-refractivity contribution in [3.8, 4) is 0 Å². The van der Waals surface area contributed by atoms with Gasteiger partial charge in [-0.25, -0.2) is 25.9 Å². The predicted octanol–water partition coefficient (Wildman–Crippen LogP) is -0.110. The molecule has 1 aromatic carbocycles. The molecule has 0 radical (unpaired) electrons. The average Bonchev–Trinajstić information content (AvgIpc) is 2.30. The van der Waals surface area contributed by atoms with E-state index in [0.29, 0.717) is 5.01 Å². The Morgan fingerprint density at radius 2 is 2.25 bits per heavy atom. The molecule has 88 valence electrons. The van der Waals surface area contributed by atoms with Crippen LogP contribution in [-0.4, -0.2) is 11.1 Å². The van der Waals surface area contributed by atoms with Crippen LogP contribution in [-0.2, 0) is 6.61 Å². The first-order chi connectivity index (χ1) is 7.52. The Bertz CT molecular complexity index is 411. The molecule has 6 N–H and O–H groups in total. The first-order valence-corrected chi connectivity index (χ1v) is 4.47. The number of hydrogen-bond acceptors (Lipinski definition) is 4. The molecule has 0 fully saturated rings. The van der Waals surface area contributed by atoms with E-state index < -0.39 is 18.5 Å². The van der Waals surface area contributed by atoms with Crippen LogP contribution in [0.25, 0.3) is 0 Å². The van der Waals surface area contributed by atoms with E-state index in [-0.39, 0.29) is 16.8 Å². The van der Waals surface area contributed by atoms with Crippen molar-refractivity contribution in [1.82, 2.24) is 5.43 Å². The summed E-state index contributed by atoms with van der Waals surface area (Å²) < 4.78 is 13.2. The first-order valence-electron chi connectivity index (χ1n) is 4.47. The first kappa shape index (κ1) is 12.4. The molecular formula is C9H13FN4O2. The molecule has 0 saturated heterocycles. The number of nitrogens with zero attached hydrogens (tertiary/aromatic N) is 1. The number of carbonyl (C=O) groups is 1. The number of carbonyl (C=O) groups excluding carboxylic acids is 1. The standard InChI is InChI=1S/C9H13FN4O2/c1-5-6(4-15)8(3-2-7(5)10)14(12)9(16)13-11/h2-3,15H,4,11-12H2,1H3,(H,13,16). The normalized spacial score (nSPS) is 10.1. The van der Waals surface area contributed by atoms with Crippen LogP contribution >= 0.6 is 0 Å². The summed E-state index contributed by atoms with van der Waals surface area (Å²) in [5.41, 5.74) is 2.51. The molecule has 0 aliphatic heterocycles. The number of aliphatic hydroxyl groups excluding tert-OH is 1. The molecule has 16 heavy (non-hydrogen) atoms. The summed E-state index contributed by atoms with van der Waals surface area (Å²) in [7, 11) is 0. The van der Waals surface area contributed by atoms with Crippen molar-refractivity contribution in [2.24, 2.45) is 11.7 Å². The topological polar surface area (TPSA) is 105 Å². The number of aliphatic hydroxyl groups is 1. The Labute approximate surface area is 91.6 Å². The zero-order chi connectivity index (χ0) is 12.3. The van der Waals surface area contributed by atoms with E-state index in [1.54, 1.807) is 0 Å². The molecule has 7 heteroatoms. The maximum absolute atomic E-state index is 13.2. The minimum atomic E-state index is -0.763. The van der Waals surface area contributed by atoms with Crippen LogP contribution in [0.5, 0.6) is 0 Å². The molecule has 0 bridgehead atoms. The predicted molar refractivity (Wildman–Crippen MR) is 56.4 cm³/mol. The Hall–Kier alpha value is -1.70. The Morgan fingerprint density at radius 1 is 1.62 bits per heavy atom. The second-order valence-electron chi connectivity index (χ2n) is 3.15. The van der Waals surface area contributed by atoms with Crippen LogP contribution in [0.2, 0.25) is 0 Å². The molecule has 1 aromatic rings. The van der Waals surface area contributed by atoms with Gasteiger partial charge >= 0.3 is 6.03 Å². The Kier molecular flexibility index (Phi) is 3.78. The minimum Gasteiger partial charge on any atom is -0.392 e. The number of hydrazine groups is 2. The third-order valence-electron chi connectivity index (χ3n) is 2.27. The third kappa shape index (κ3) is 2.11. The fourth-order valence-electron chi connectivity index (χ4n) is 1.32. The van der Waals surface area contributed by atoms with Crippen LogP contribution in [0.15, 0.2) is 12.1 Å². The number of amides is 2. The van der Waals surface area contributed by atoms with Gasteiger partial charge in [0.2, 0.25) is 0 Å². The lowest BCUT2D eigenvalue weighted by atomic mass is 10.1. The highest BCUT2D eigenvalue weighted by Crippen LogP contribution is 2.24. The number of halogens is 1. The maximum atomic E-state index is 13.2. The number of urea groups is 1. The number of benzene rings is 1. The summed E-state index contributed by atoms with van der Waals surface area (Å²) in [6.45, 7) is 1.06. The van der Waals surface area contributed by atoms with E-state index in [9.17, 15) is 9.18 Å². The largest absolute Gasteiger partial charge is 0.392 e. The van der Waals surface area contributed by atoms with Crippen molar-refractivity contribution in [2.75, 3.05) is 5.01 Å². The molecule has 0 saturated carbocycles. The number of nitrogens with one attached hydrogen (secondary N) is 1. The maximum Gasteiger partial charge on any atom is 0.350 e. The molecule has 0 aliphatic carbocycles. The van der Waals surface area contributed by atoms with Gasteiger partial charge in [0, 0.05) is 5.56 Å². The Balaban J connectivity index is 3.23. The molecule has 1 rings (SSSR count). The molecule has 6 nitrogen and oxygen atoms in total. The SMILES string of the molecule is Cc1c(F)ccc(N(N)C(=O)NN)c1CO. The molecule has 0 aromatic heterocycles. The van der Waals surface area contributed by atoms with Crippen molar-refractivity contribution in [2.45, 2.75) is 13.5 Å². The van der Waals surface area contributed by atoms with Gasteiger partial charge in [-0.2, -0.15) is 0 Å². The van der Waals surface area contributed by atoms with Crippen molar-refractivity contribution in [3.05, 3.63) is 29.1 Å². The van der Waals surface area contributed by atoms with Gasteiger partial charge in [-0.05, 0) is 24.6 Å². The smallest absolute Gasteiger partial charge is 0.350 e. The fraction of sp³-hybridized carbons (Fsp3) is 0.222. The van der Waals surface area contributed by atoms with Gasteiger partial charge in [0.25, 0.3) is 0 Å². The summed E-state index contributed by atoms with van der Waals surface area (Å²) in [4.78, 5) is 11.2. The third-order valence-corrected chi connectivity index (χ3v) is 2.27. The van der Waals surface area contributed by atoms with E-state index in [1.807, 2.05) is 5.43 Å². The number of anilines is 1. The summed E-state index contributed by atoms with van der Waals surface area (Å²) in [5, 5.41) is 9.82. The molecule has 0 aliphatic rings. The highest BCUT2D eigenvalue weighted by atomic mass is 19.1. The monoisotopic (exact) mass is 228 g/mol. The van der Waals surface area contributed by atoms with Gasteiger partial charge in [0.05, 0.1) is 12.3 Å². The zero-order valence-electron chi connectivity index (χ0n) is 8.70. The molecule has 0 atom stereocenters. The summed E-state index contributed by atoms with van der Waals surface area (Å²) in [6, 6.07) is 1.69. The van der Waals surface area contributed by atoms with Gasteiger partial charge < -0.3 is 5.11 Å². The summed E-state index contributed by atoms with van der Waals surface area (Å²) in [6.07, 6.45) is 0. The second-order valence-corrected chi connectivity index (χ2v) is 3.15. The molecular weight excluding hydrogens is 215 g/mol. The fourth-order valence-corrected chi connectivity index (χ4v) is 1.32. The van der Waals surface area contributed by atoms with Gasteiger partial charge in [-0.1, -0.05) is 0 Å². The van der Waals surface area contributed by atoms with E-state index in [0.717, 1.165) is 6.07 Å². The lowest BCUT2D eigenvalue weighted by molar-refractivity contribution is 0.246.